The molecule has 20 heavy (non-hydrogen) atoms. The summed E-state index contributed by atoms with van der Waals surface area (Å²) in [6.45, 7) is 1.65. The Morgan fingerprint density at radius 1 is 1.20 bits per heavy atom. The fraction of sp³-hybridized carbons (Fsp3) is 0.0833. The van der Waals surface area contributed by atoms with E-state index in [4.69, 9.17) is 18.0 Å². The zero-order chi connectivity index (χ0) is 14.9. The van der Waals surface area contributed by atoms with Crippen molar-refractivity contribution in [1.29, 1.82) is 0 Å². The Morgan fingerprint density at radius 3 is 2.55 bits per heavy atom. The predicted molar refractivity (Wildman–Crippen MR) is 72.3 cm³/mol. The molecule has 0 atom stereocenters. The van der Waals surface area contributed by atoms with Crippen LogP contribution in [0.3, 0.4) is 0 Å². The average Bonchev–Trinajstić information content (AvgIpc) is 2.34. The van der Waals surface area contributed by atoms with Crippen LogP contribution in [0.25, 0.3) is 0 Å². The molecule has 0 bridgehead atoms. The molecule has 0 aliphatic rings. The van der Waals surface area contributed by atoms with Crippen molar-refractivity contribution < 1.29 is 13.2 Å². The smallest absolute Gasteiger partial charge is 0.228 e. The molecule has 1 heterocycles. The van der Waals surface area contributed by atoms with Crippen molar-refractivity contribution in [2.75, 3.05) is 5.32 Å². The number of aromatic nitrogens is 2. The SMILES string of the molecule is Cc1cc(C(N)=S)nc(Nc2cc(F)cc(F)c2F)n1. The number of nitrogens with two attached hydrogens (primary N) is 1. The Labute approximate surface area is 117 Å². The van der Waals surface area contributed by atoms with Gasteiger partial charge in [-0.05, 0) is 13.0 Å². The molecule has 0 radical (unpaired) electrons. The molecule has 0 amide bonds. The monoisotopic (exact) mass is 298 g/mol. The van der Waals surface area contributed by atoms with E-state index in [0.29, 0.717) is 11.8 Å². The summed E-state index contributed by atoms with van der Waals surface area (Å²) in [5, 5.41) is 2.40. The van der Waals surface area contributed by atoms with Crippen LogP contribution in [0.1, 0.15) is 11.4 Å². The number of halogens is 3. The van der Waals surface area contributed by atoms with Gasteiger partial charge in [0.25, 0.3) is 0 Å². The molecule has 4 nitrogen and oxygen atoms in total. The minimum atomic E-state index is -1.31. The van der Waals surface area contributed by atoms with Gasteiger partial charge in [-0.25, -0.2) is 23.1 Å². The van der Waals surface area contributed by atoms with E-state index in [0.717, 1.165) is 6.07 Å². The van der Waals surface area contributed by atoms with Crippen LogP contribution in [0.4, 0.5) is 24.8 Å². The summed E-state index contributed by atoms with van der Waals surface area (Å²) in [5.41, 5.74) is 5.81. The summed E-state index contributed by atoms with van der Waals surface area (Å²) < 4.78 is 39.7. The summed E-state index contributed by atoms with van der Waals surface area (Å²) in [6, 6.07) is 2.78. The number of hydrogen-bond donors (Lipinski definition) is 2. The first-order valence-electron chi connectivity index (χ1n) is 5.44. The standard InChI is InChI=1S/C12H9F3N4S/c1-5-2-9(11(16)20)19-12(17-5)18-8-4-6(13)3-7(14)10(8)15/h2-4H,1H3,(H2,16,20)(H,17,18,19). The van der Waals surface area contributed by atoms with Gasteiger partial charge in [-0.3, -0.25) is 0 Å². The van der Waals surface area contributed by atoms with E-state index >= 15 is 0 Å². The summed E-state index contributed by atoms with van der Waals surface area (Å²) in [6.07, 6.45) is 0. The molecule has 0 fully saturated rings. The molecule has 0 saturated carbocycles. The minimum Gasteiger partial charge on any atom is -0.388 e. The van der Waals surface area contributed by atoms with Gasteiger partial charge < -0.3 is 11.1 Å². The third-order valence-electron chi connectivity index (χ3n) is 2.35. The highest BCUT2D eigenvalue weighted by Crippen LogP contribution is 2.22. The number of thiocarbonyl (C=S) groups is 1. The Balaban J connectivity index is 2.42. The zero-order valence-electron chi connectivity index (χ0n) is 10.2. The first kappa shape index (κ1) is 14.2. The van der Waals surface area contributed by atoms with Crippen molar-refractivity contribution in [1.82, 2.24) is 9.97 Å². The molecule has 3 N–H and O–H groups in total. The predicted octanol–water partition coefficient (Wildman–Crippen LogP) is 2.58. The van der Waals surface area contributed by atoms with Crippen molar-refractivity contribution in [3.8, 4) is 0 Å². The third kappa shape index (κ3) is 3.02. The molecule has 2 rings (SSSR count). The number of aryl methyl sites for hydroxylation is 1. The van der Waals surface area contributed by atoms with Crippen molar-refractivity contribution in [2.45, 2.75) is 6.92 Å². The fourth-order valence-electron chi connectivity index (χ4n) is 1.52. The van der Waals surface area contributed by atoms with Gasteiger partial charge in [-0.2, -0.15) is 0 Å². The lowest BCUT2D eigenvalue weighted by molar-refractivity contribution is 0.498. The van der Waals surface area contributed by atoms with Crippen LogP contribution in [0.5, 0.6) is 0 Å². The van der Waals surface area contributed by atoms with Crippen molar-refractivity contribution in [2.24, 2.45) is 5.73 Å². The molecule has 104 valence electrons. The number of nitrogens with zero attached hydrogens (tertiary/aromatic N) is 2. The number of rotatable bonds is 3. The average molecular weight is 298 g/mol. The van der Waals surface area contributed by atoms with Crippen LogP contribution in [-0.2, 0) is 0 Å². The highest BCUT2D eigenvalue weighted by atomic mass is 32.1. The third-order valence-corrected chi connectivity index (χ3v) is 2.56. The van der Waals surface area contributed by atoms with Crippen LogP contribution in [0, 0.1) is 24.4 Å². The van der Waals surface area contributed by atoms with Gasteiger partial charge in [0.05, 0.1) is 5.69 Å². The van der Waals surface area contributed by atoms with Crippen LogP contribution in [0.15, 0.2) is 18.2 Å². The van der Waals surface area contributed by atoms with Crippen LogP contribution >= 0.6 is 12.2 Å². The molecule has 8 heteroatoms. The molecular formula is C12H9F3N4S. The van der Waals surface area contributed by atoms with Crippen molar-refractivity contribution >= 4 is 28.8 Å². The van der Waals surface area contributed by atoms with Gasteiger partial charge >= 0.3 is 0 Å². The van der Waals surface area contributed by atoms with E-state index in [1.807, 2.05) is 0 Å². The molecule has 0 aliphatic heterocycles. The van der Waals surface area contributed by atoms with Crippen molar-refractivity contribution in [3.05, 3.63) is 47.0 Å². The summed E-state index contributed by atoms with van der Waals surface area (Å²) in [7, 11) is 0. The fourth-order valence-corrected chi connectivity index (χ4v) is 1.62. The van der Waals surface area contributed by atoms with Gasteiger partial charge in [-0.15, -0.1) is 0 Å². The second-order valence-electron chi connectivity index (χ2n) is 3.96. The van der Waals surface area contributed by atoms with E-state index in [-0.39, 0.29) is 16.6 Å². The van der Waals surface area contributed by atoms with Crippen LogP contribution in [0.2, 0.25) is 0 Å². The molecule has 0 saturated heterocycles. The maximum Gasteiger partial charge on any atom is 0.228 e. The highest BCUT2D eigenvalue weighted by molar-refractivity contribution is 7.80. The maximum atomic E-state index is 13.5. The lowest BCUT2D eigenvalue weighted by Gasteiger charge is -2.09. The van der Waals surface area contributed by atoms with Gasteiger partial charge in [0.1, 0.15) is 16.5 Å². The Hall–Kier alpha value is -2.22. The Bertz CT molecular complexity index is 691. The van der Waals surface area contributed by atoms with Crippen LogP contribution in [-0.4, -0.2) is 15.0 Å². The second-order valence-corrected chi connectivity index (χ2v) is 4.40. The lowest BCUT2D eigenvalue weighted by Crippen LogP contribution is -2.14. The molecule has 0 spiro atoms. The second kappa shape index (κ2) is 5.41. The summed E-state index contributed by atoms with van der Waals surface area (Å²) in [5.74, 6) is -3.52. The van der Waals surface area contributed by atoms with Gasteiger partial charge in [-0.1, -0.05) is 12.2 Å². The largest absolute Gasteiger partial charge is 0.388 e. The van der Waals surface area contributed by atoms with E-state index in [1.165, 1.54) is 6.07 Å². The molecule has 1 aromatic heterocycles. The first-order chi connectivity index (χ1) is 9.36. The van der Waals surface area contributed by atoms with E-state index in [2.05, 4.69) is 15.3 Å². The van der Waals surface area contributed by atoms with Gasteiger partial charge in [0, 0.05) is 17.8 Å². The van der Waals surface area contributed by atoms with Crippen LogP contribution < -0.4 is 11.1 Å². The number of benzene rings is 1. The molecule has 2 aromatic rings. The zero-order valence-corrected chi connectivity index (χ0v) is 11.1. The summed E-state index contributed by atoms with van der Waals surface area (Å²) >= 11 is 4.78. The molecule has 0 aliphatic carbocycles. The molecule has 0 unspecified atom stereocenters. The molecular weight excluding hydrogens is 289 g/mol. The van der Waals surface area contributed by atoms with Gasteiger partial charge in [0.15, 0.2) is 11.6 Å². The highest BCUT2D eigenvalue weighted by Gasteiger charge is 2.13. The number of nitrogens with one attached hydrogen (secondary N) is 1. The Kier molecular flexibility index (Phi) is 3.84. The molecule has 1 aromatic carbocycles. The summed E-state index contributed by atoms with van der Waals surface area (Å²) in [4.78, 5) is 7.92. The lowest BCUT2D eigenvalue weighted by atomic mass is 10.3. The number of anilines is 2. The van der Waals surface area contributed by atoms with E-state index in [1.54, 1.807) is 6.92 Å². The van der Waals surface area contributed by atoms with E-state index < -0.39 is 23.1 Å². The number of hydrogen-bond acceptors (Lipinski definition) is 4. The van der Waals surface area contributed by atoms with E-state index in [9.17, 15) is 13.2 Å². The maximum absolute atomic E-state index is 13.5. The minimum absolute atomic E-state index is 0.0319. The first-order valence-corrected chi connectivity index (χ1v) is 5.84. The normalized spacial score (nSPS) is 10.4. The van der Waals surface area contributed by atoms with Gasteiger partial charge in [0.2, 0.25) is 5.95 Å². The Morgan fingerprint density at radius 2 is 1.90 bits per heavy atom. The van der Waals surface area contributed by atoms with Crippen molar-refractivity contribution in [3.63, 3.8) is 0 Å². The topological polar surface area (TPSA) is 63.8 Å². The quantitative estimate of drug-likeness (QED) is 0.673.